The molecule has 2 rings (SSSR count). The maximum atomic E-state index is 2.70. The van der Waals surface area contributed by atoms with Gasteiger partial charge in [-0.1, -0.05) is 0 Å². The first-order valence-corrected chi connectivity index (χ1v) is 5.09. The molecule has 0 aromatic heterocycles. The molecule has 0 aromatic rings. The van der Waals surface area contributed by atoms with Crippen LogP contribution in [0.25, 0.3) is 0 Å². The first kappa shape index (κ1) is 8.52. The van der Waals surface area contributed by atoms with Gasteiger partial charge in [0.05, 0.1) is 0 Å². The van der Waals surface area contributed by atoms with Gasteiger partial charge in [0.25, 0.3) is 0 Å². The predicted octanol–water partition coefficient (Wildman–Crippen LogP) is 1.17. The van der Waals surface area contributed by atoms with E-state index in [0.29, 0.717) is 5.54 Å². The van der Waals surface area contributed by atoms with E-state index in [2.05, 4.69) is 30.7 Å². The number of hydrogen-bond acceptors (Lipinski definition) is 2. The Hall–Kier alpha value is -0.0800. The van der Waals surface area contributed by atoms with Crippen LogP contribution in [-0.4, -0.2) is 48.1 Å². The zero-order chi connectivity index (χ0) is 8.77. The van der Waals surface area contributed by atoms with Crippen LogP contribution in [0.1, 0.15) is 26.7 Å². The Labute approximate surface area is 75.5 Å². The molecular formula is C10H20N2. The van der Waals surface area contributed by atoms with Gasteiger partial charge in [-0.25, -0.2) is 0 Å². The van der Waals surface area contributed by atoms with Crippen LogP contribution in [0, 0.1) is 0 Å². The standard InChI is InChI=1S/C10H20N2/c1-9(2)12-7-6-11(3)8-10(12)4-5-10/h9H,4-8H2,1-3H3. The van der Waals surface area contributed by atoms with Gasteiger partial charge >= 0.3 is 0 Å². The Balaban J connectivity index is 2.05. The summed E-state index contributed by atoms with van der Waals surface area (Å²) >= 11 is 0. The molecule has 12 heavy (non-hydrogen) atoms. The number of nitrogens with zero attached hydrogens (tertiary/aromatic N) is 2. The minimum absolute atomic E-state index is 0.598. The summed E-state index contributed by atoms with van der Waals surface area (Å²) in [4.78, 5) is 5.18. The van der Waals surface area contributed by atoms with E-state index in [0.717, 1.165) is 6.04 Å². The van der Waals surface area contributed by atoms with Gasteiger partial charge in [-0.3, -0.25) is 4.90 Å². The van der Waals surface area contributed by atoms with E-state index in [1.54, 1.807) is 0 Å². The van der Waals surface area contributed by atoms with Crippen molar-refractivity contribution in [1.29, 1.82) is 0 Å². The molecule has 0 N–H and O–H groups in total. The molecule has 1 aliphatic carbocycles. The van der Waals surface area contributed by atoms with Crippen molar-refractivity contribution in [1.82, 2.24) is 9.80 Å². The number of piperazine rings is 1. The average Bonchev–Trinajstić information content (AvgIpc) is 2.68. The Bertz CT molecular complexity index is 173. The van der Waals surface area contributed by atoms with E-state index in [1.807, 2.05) is 0 Å². The van der Waals surface area contributed by atoms with Crippen molar-refractivity contribution in [2.75, 3.05) is 26.7 Å². The molecule has 0 bridgehead atoms. The molecule has 1 aliphatic heterocycles. The van der Waals surface area contributed by atoms with Crippen LogP contribution in [0.15, 0.2) is 0 Å². The lowest BCUT2D eigenvalue weighted by Crippen LogP contribution is -2.55. The fourth-order valence-corrected chi connectivity index (χ4v) is 2.58. The summed E-state index contributed by atoms with van der Waals surface area (Å²) in [6.07, 6.45) is 2.85. The molecule has 1 heterocycles. The van der Waals surface area contributed by atoms with E-state index in [9.17, 15) is 0 Å². The van der Waals surface area contributed by atoms with Gasteiger partial charge in [-0.2, -0.15) is 0 Å². The van der Waals surface area contributed by atoms with Crippen LogP contribution in [-0.2, 0) is 0 Å². The Morgan fingerprint density at radius 3 is 2.33 bits per heavy atom. The van der Waals surface area contributed by atoms with Crippen molar-refractivity contribution in [2.24, 2.45) is 0 Å². The Morgan fingerprint density at radius 2 is 1.83 bits per heavy atom. The topological polar surface area (TPSA) is 6.48 Å². The quantitative estimate of drug-likeness (QED) is 0.580. The number of rotatable bonds is 1. The summed E-state index contributed by atoms with van der Waals surface area (Å²) < 4.78 is 0. The molecule has 1 saturated carbocycles. The number of likely N-dealkylation sites (N-methyl/N-ethyl adjacent to an activating group) is 1. The van der Waals surface area contributed by atoms with Crippen LogP contribution in [0.2, 0.25) is 0 Å². The van der Waals surface area contributed by atoms with Crippen LogP contribution in [0.4, 0.5) is 0 Å². The summed E-state index contributed by atoms with van der Waals surface area (Å²) in [5.41, 5.74) is 0.598. The third-order valence-electron chi connectivity index (χ3n) is 3.35. The highest BCUT2D eigenvalue weighted by atomic mass is 15.3. The van der Waals surface area contributed by atoms with Gasteiger partial charge in [0.2, 0.25) is 0 Å². The minimum Gasteiger partial charge on any atom is -0.303 e. The van der Waals surface area contributed by atoms with Crippen molar-refractivity contribution in [3.05, 3.63) is 0 Å². The first-order valence-electron chi connectivity index (χ1n) is 5.09. The first-order chi connectivity index (χ1) is 5.64. The molecule has 1 saturated heterocycles. The van der Waals surface area contributed by atoms with Crippen LogP contribution >= 0.6 is 0 Å². The molecule has 2 aliphatic rings. The highest BCUT2D eigenvalue weighted by Gasteiger charge is 2.50. The SMILES string of the molecule is CC(C)N1CCN(C)CC12CC2. The lowest BCUT2D eigenvalue weighted by Gasteiger charge is -2.43. The highest BCUT2D eigenvalue weighted by Crippen LogP contribution is 2.44. The maximum absolute atomic E-state index is 2.70. The van der Waals surface area contributed by atoms with Crippen LogP contribution in [0.5, 0.6) is 0 Å². The Morgan fingerprint density at radius 1 is 1.17 bits per heavy atom. The molecule has 70 valence electrons. The minimum atomic E-state index is 0.598. The maximum Gasteiger partial charge on any atom is 0.0341 e. The van der Waals surface area contributed by atoms with E-state index in [1.165, 1.54) is 32.5 Å². The van der Waals surface area contributed by atoms with Gasteiger partial charge in [0, 0.05) is 31.2 Å². The van der Waals surface area contributed by atoms with Gasteiger partial charge in [0.1, 0.15) is 0 Å². The van der Waals surface area contributed by atoms with E-state index in [4.69, 9.17) is 0 Å². The molecule has 0 amide bonds. The second-order valence-corrected chi connectivity index (χ2v) is 4.75. The Kier molecular flexibility index (Phi) is 1.92. The van der Waals surface area contributed by atoms with Crippen molar-refractivity contribution in [3.63, 3.8) is 0 Å². The second kappa shape index (κ2) is 2.71. The van der Waals surface area contributed by atoms with Crippen molar-refractivity contribution in [2.45, 2.75) is 38.3 Å². The van der Waals surface area contributed by atoms with Crippen molar-refractivity contribution < 1.29 is 0 Å². The number of hydrogen-bond donors (Lipinski definition) is 0. The highest BCUT2D eigenvalue weighted by molar-refractivity contribution is 5.08. The van der Waals surface area contributed by atoms with Gasteiger partial charge < -0.3 is 4.90 Å². The third-order valence-corrected chi connectivity index (χ3v) is 3.35. The summed E-state index contributed by atoms with van der Waals surface area (Å²) in [7, 11) is 2.25. The largest absolute Gasteiger partial charge is 0.303 e. The molecule has 0 aromatic carbocycles. The average molecular weight is 168 g/mol. The smallest absolute Gasteiger partial charge is 0.0341 e. The zero-order valence-corrected chi connectivity index (χ0v) is 8.51. The molecule has 2 nitrogen and oxygen atoms in total. The summed E-state index contributed by atoms with van der Waals surface area (Å²) in [6.45, 7) is 8.47. The second-order valence-electron chi connectivity index (χ2n) is 4.75. The van der Waals surface area contributed by atoms with Gasteiger partial charge in [0.15, 0.2) is 0 Å². The lowest BCUT2D eigenvalue weighted by atomic mass is 10.1. The molecule has 0 radical (unpaired) electrons. The lowest BCUT2D eigenvalue weighted by molar-refractivity contribution is 0.0487. The van der Waals surface area contributed by atoms with Crippen LogP contribution < -0.4 is 0 Å². The zero-order valence-electron chi connectivity index (χ0n) is 8.51. The van der Waals surface area contributed by atoms with Crippen LogP contribution in [0.3, 0.4) is 0 Å². The monoisotopic (exact) mass is 168 g/mol. The summed E-state index contributed by atoms with van der Waals surface area (Å²) in [6, 6.07) is 0.737. The fourth-order valence-electron chi connectivity index (χ4n) is 2.58. The van der Waals surface area contributed by atoms with E-state index in [-0.39, 0.29) is 0 Å². The molecule has 1 spiro atoms. The third kappa shape index (κ3) is 1.27. The molecule has 2 heteroatoms. The molecule has 0 atom stereocenters. The van der Waals surface area contributed by atoms with Gasteiger partial charge in [-0.15, -0.1) is 0 Å². The summed E-state index contributed by atoms with van der Waals surface area (Å²) in [5, 5.41) is 0. The summed E-state index contributed by atoms with van der Waals surface area (Å²) in [5.74, 6) is 0. The van der Waals surface area contributed by atoms with Crippen molar-refractivity contribution >= 4 is 0 Å². The normalized spacial score (nSPS) is 30.0. The van der Waals surface area contributed by atoms with Gasteiger partial charge in [-0.05, 0) is 33.7 Å². The molecular weight excluding hydrogens is 148 g/mol. The molecule has 0 unspecified atom stereocenters. The predicted molar refractivity (Wildman–Crippen MR) is 51.3 cm³/mol. The molecule has 2 fully saturated rings. The fraction of sp³-hybridized carbons (Fsp3) is 1.00. The van der Waals surface area contributed by atoms with Crippen molar-refractivity contribution in [3.8, 4) is 0 Å². The van der Waals surface area contributed by atoms with E-state index >= 15 is 0 Å². The van der Waals surface area contributed by atoms with E-state index < -0.39 is 0 Å².